The van der Waals surface area contributed by atoms with E-state index in [1.807, 2.05) is 6.92 Å². The predicted octanol–water partition coefficient (Wildman–Crippen LogP) is 4.64. The Labute approximate surface area is 177 Å². The summed E-state index contributed by atoms with van der Waals surface area (Å²) in [4.78, 5) is 36.3. The number of hydrogen-bond acceptors (Lipinski definition) is 5. The SMILES string of the molecule is CCOc1ccc(C(=O)CCC(=O)OC(C)C(=O)Nc2ccccc2C(F)(F)F)cc1. The highest BCUT2D eigenvalue weighted by atomic mass is 19.4. The van der Waals surface area contributed by atoms with Crippen LogP contribution in [0, 0.1) is 0 Å². The molecule has 0 aliphatic heterocycles. The summed E-state index contributed by atoms with van der Waals surface area (Å²) in [5.74, 6) is -1.41. The molecule has 2 aromatic rings. The van der Waals surface area contributed by atoms with Crippen molar-refractivity contribution in [2.45, 2.75) is 39.0 Å². The molecule has 0 aromatic heterocycles. The van der Waals surface area contributed by atoms with Crippen LogP contribution in [-0.2, 0) is 20.5 Å². The zero-order chi connectivity index (χ0) is 23.0. The molecule has 0 aliphatic rings. The molecule has 1 atom stereocenters. The molecule has 1 unspecified atom stereocenters. The summed E-state index contributed by atoms with van der Waals surface area (Å²) >= 11 is 0. The second-order valence-corrected chi connectivity index (χ2v) is 6.55. The Morgan fingerprint density at radius 2 is 1.65 bits per heavy atom. The third-order valence-corrected chi connectivity index (χ3v) is 4.21. The fourth-order valence-corrected chi connectivity index (χ4v) is 2.65. The van der Waals surface area contributed by atoms with Gasteiger partial charge < -0.3 is 14.8 Å². The number of hydrogen-bond donors (Lipinski definition) is 1. The first kappa shape index (κ1) is 23.9. The van der Waals surface area contributed by atoms with Crippen molar-refractivity contribution in [2.75, 3.05) is 11.9 Å². The quantitative estimate of drug-likeness (QED) is 0.457. The van der Waals surface area contributed by atoms with Crippen LogP contribution < -0.4 is 10.1 Å². The number of alkyl halides is 3. The van der Waals surface area contributed by atoms with Crippen molar-refractivity contribution < 1.29 is 37.0 Å². The maximum absolute atomic E-state index is 13.0. The molecule has 2 aromatic carbocycles. The summed E-state index contributed by atoms with van der Waals surface area (Å²) in [7, 11) is 0. The van der Waals surface area contributed by atoms with Crippen molar-refractivity contribution in [1.29, 1.82) is 0 Å². The van der Waals surface area contributed by atoms with E-state index >= 15 is 0 Å². The van der Waals surface area contributed by atoms with Gasteiger partial charge in [0.25, 0.3) is 5.91 Å². The van der Waals surface area contributed by atoms with E-state index < -0.39 is 35.4 Å². The van der Waals surface area contributed by atoms with E-state index in [2.05, 4.69) is 5.32 Å². The molecule has 2 rings (SSSR count). The Morgan fingerprint density at radius 3 is 2.26 bits per heavy atom. The number of carbonyl (C=O) groups excluding carboxylic acids is 3. The molecule has 166 valence electrons. The number of nitrogens with one attached hydrogen (secondary N) is 1. The molecule has 0 bridgehead atoms. The minimum atomic E-state index is -4.65. The maximum Gasteiger partial charge on any atom is 0.418 e. The zero-order valence-corrected chi connectivity index (χ0v) is 17.0. The number of benzene rings is 2. The van der Waals surface area contributed by atoms with E-state index in [0.29, 0.717) is 17.9 Å². The molecule has 0 aliphatic carbocycles. The lowest BCUT2D eigenvalue weighted by Gasteiger charge is -2.16. The van der Waals surface area contributed by atoms with Crippen molar-refractivity contribution in [1.82, 2.24) is 0 Å². The van der Waals surface area contributed by atoms with Crippen molar-refractivity contribution >= 4 is 23.3 Å². The first-order valence-electron chi connectivity index (χ1n) is 9.54. The van der Waals surface area contributed by atoms with E-state index in [0.717, 1.165) is 12.1 Å². The topological polar surface area (TPSA) is 81.7 Å². The van der Waals surface area contributed by atoms with Gasteiger partial charge in [0.2, 0.25) is 0 Å². The monoisotopic (exact) mass is 437 g/mol. The first-order chi connectivity index (χ1) is 14.6. The average molecular weight is 437 g/mol. The third kappa shape index (κ3) is 7.13. The summed E-state index contributed by atoms with van der Waals surface area (Å²) in [5.41, 5.74) is -1.05. The van der Waals surface area contributed by atoms with Gasteiger partial charge in [-0.15, -0.1) is 0 Å². The highest BCUT2D eigenvalue weighted by Crippen LogP contribution is 2.34. The van der Waals surface area contributed by atoms with Crippen LogP contribution in [0.25, 0.3) is 0 Å². The van der Waals surface area contributed by atoms with E-state index in [4.69, 9.17) is 9.47 Å². The van der Waals surface area contributed by atoms with E-state index in [1.165, 1.54) is 19.1 Å². The van der Waals surface area contributed by atoms with Gasteiger partial charge in [-0.05, 0) is 50.2 Å². The number of anilines is 1. The van der Waals surface area contributed by atoms with Gasteiger partial charge in [-0.2, -0.15) is 13.2 Å². The van der Waals surface area contributed by atoms with Crippen LogP contribution in [0.4, 0.5) is 18.9 Å². The number of carbonyl (C=O) groups is 3. The van der Waals surface area contributed by atoms with Gasteiger partial charge in [0, 0.05) is 12.0 Å². The molecular formula is C22H22F3NO5. The van der Waals surface area contributed by atoms with Crippen molar-refractivity contribution in [3.8, 4) is 5.75 Å². The molecule has 1 amide bonds. The fraction of sp³-hybridized carbons (Fsp3) is 0.318. The number of para-hydroxylation sites is 1. The van der Waals surface area contributed by atoms with E-state index in [1.54, 1.807) is 24.3 Å². The maximum atomic E-state index is 13.0. The van der Waals surface area contributed by atoms with Gasteiger partial charge in [0.15, 0.2) is 11.9 Å². The molecule has 31 heavy (non-hydrogen) atoms. The van der Waals surface area contributed by atoms with Crippen LogP contribution in [-0.4, -0.2) is 30.4 Å². The summed E-state index contributed by atoms with van der Waals surface area (Å²) in [6.45, 7) is 3.56. The molecular weight excluding hydrogens is 415 g/mol. The minimum Gasteiger partial charge on any atom is -0.494 e. The molecule has 0 saturated carbocycles. The Hall–Kier alpha value is -3.36. The number of amides is 1. The molecule has 0 saturated heterocycles. The molecule has 9 heteroatoms. The molecule has 0 fully saturated rings. The largest absolute Gasteiger partial charge is 0.494 e. The number of halogens is 3. The lowest BCUT2D eigenvalue weighted by atomic mass is 10.1. The van der Waals surface area contributed by atoms with Crippen LogP contribution >= 0.6 is 0 Å². The van der Waals surface area contributed by atoms with E-state index in [-0.39, 0.29) is 18.6 Å². The second kappa shape index (κ2) is 10.6. The van der Waals surface area contributed by atoms with Crippen LogP contribution in [0.2, 0.25) is 0 Å². The highest BCUT2D eigenvalue weighted by molar-refractivity contribution is 5.98. The standard InChI is InChI=1S/C22H22F3NO5/c1-3-30-16-10-8-15(9-11-16)19(27)12-13-20(28)31-14(2)21(29)26-18-7-5-4-6-17(18)22(23,24)25/h4-11,14H,3,12-13H2,1-2H3,(H,26,29). The Bertz CT molecular complexity index is 925. The normalized spacial score (nSPS) is 12.0. The van der Waals surface area contributed by atoms with Gasteiger partial charge >= 0.3 is 12.1 Å². The van der Waals surface area contributed by atoms with Crippen molar-refractivity contribution in [3.63, 3.8) is 0 Å². The molecule has 1 N–H and O–H groups in total. The Morgan fingerprint density at radius 1 is 1.00 bits per heavy atom. The lowest BCUT2D eigenvalue weighted by molar-refractivity contribution is -0.153. The average Bonchev–Trinajstić information content (AvgIpc) is 2.72. The molecule has 0 spiro atoms. The highest BCUT2D eigenvalue weighted by Gasteiger charge is 2.34. The van der Waals surface area contributed by atoms with Crippen LogP contribution in [0.5, 0.6) is 5.75 Å². The Balaban J connectivity index is 1.86. The molecule has 0 radical (unpaired) electrons. The number of rotatable bonds is 9. The third-order valence-electron chi connectivity index (χ3n) is 4.21. The summed E-state index contributed by atoms with van der Waals surface area (Å²) < 4.78 is 49.3. The van der Waals surface area contributed by atoms with Crippen molar-refractivity contribution in [3.05, 3.63) is 59.7 Å². The van der Waals surface area contributed by atoms with Gasteiger partial charge in [0.1, 0.15) is 5.75 Å². The minimum absolute atomic E-state index is 0.141. The first-order valence-corrected chi connectivity index (χ1v) is 9.54. The summed E-state index contributed by atoms with van der Waals surface area (Å²) in [6, 6.07) is 10.9. The molecule has 6 nitrogen and oxygen atoms in total. The number of ketones is 1. The molecule has 0 heterocycles. The summed E-state index contributed by atoms with van der Waals surface area (Å²) in [6.07, 6.45) is -6.40. The van der Waals surface area contributed by atoms with Crippen LogP contribution in [0.1, 0.15) is 42.6 Å². The summed E-state index contributed by atoms with van der Waals surface area (Å²) in [5, 5.41) is 2.11. The van der Waals surface area contributed by atoms with Gasteiger partial charge in [0.05, 0.1) is 24.3 Å². The van der Waals surface area contributed by atoms with Gasteiger partial charge in [-0.25, -0.2) is 0 Å². The fourth-order valence-electron chi connectivity index (χ4n) is 2.65. The van der Waals surface area contributed by atoms with Crippen molar-refractivity contribution in [2.24, 2.45) is 0 Å². The number of esters is 1. The number of ether oxygens (including phenoxy) is 2. The predicted molar refractivity (Wildman–Crippen MR) is 107 cm³/mol. The van der Waals surface area contributed by atoms with Gasteiger partial charge in [-0.1, -0.05) is 12.1 Å². The van der Waals surface area contributed by atoms with Crippen LogP contribution in [0.3, 0.4) is 0 Å². The van der Waals surface area contributed by atoms with Crippen LogP contribution in [0.15, 0.2) is 48.5 Å². The smallest absolute Gasteiger partial charge is 0.418 e. The van der Waals surface area contributed by atoms with Gasteiger partial charge in [-0.3, -0.25) is 14.4 Å². The second-order valence-electron chi connectivity index (χ2n) is 6.55. The Kier molecular flexibility index (Phi) is 8.18. The number of Topliss-reactive ketones (excluding diaryl/α,β-unsaturated/α-hetero) is 1. The zero-order valence-electron chi connectivity index (χ0n) is 17.0. The van der Waals surface area contributed by atoms with E-state index in [9.17, 15) is 27.6 Å². The lowest BCUT2D eigenvalue weighted by Crippen LogP contribution is -2.30.